The molecule has 1 saturated heterocycles. The number of benzene rings is 1. The van der Waals surface area contributed by atoms with Gasteiger partial charge >= 0.3 is 6.03 Å². The third-order valence-electron chi connectivity index (χ3n) is 5.66. The van der Waals surface area contributed by atoms with Gasteiger partial charge in [-0.1, -0.05) is 30.3 Å². The number of nitrogens with one attached hydrogen (secondary N) is 3. The van der Waals surface area contributed by atoms with Crippen LogP contribution in [0.25, 0.3) is 0 Å². The van der Waals surface area contributed by atoms with Crippen LogP contribution >= 0.6 is 0 Å². The number of likely N-dealkylation sites (tertiary alicyclic amines) is 1. The van der Waals surface area contributed by atoms with Crippen LogP contribution in [0.1, 0.15) is 40.2 Å². The van der Waals surface area contributed by atoms with Gasteiger partial charge in [0, 0.05) is 31.7 Å². The monoisotopic (exact) mass is 397 g/mol. The van der Waals surface area contributed by atoms with E-state index in [-0.39, 0.29) is 11.7 Å². The van der Waals surface area contributed by atoms with E-state index < -0.39 is 11.7 Å². The molecule has 1 fully saturated rings. The highest BCUT2D eigenvalue weighted by Gasteiger charge is 2.43. The molecule has 9 nitrogen and oxygen atoms in total. The number of primary amides is 1. The molecular weight excluding hydrogens is 370 g/mol. The van der Waals surface area contributed by atoms with Crippen molar-refractivity contribution in [2.24, 2.45) is 5.73 Å². The van der Waals surface area contributed by atoms with E-state index in [1.165, 1.54) is 0 Å². The highest BCUT2D eigenvalue weighted by Crippen LogP contribution is 2.29. The van der Waals surface area contributed by atoms with Crippen molar-refractivity contribution >= 4 is 11.9 Å². The summed E-state index contributed by atoms with van der Waals surface area (Å²) in [5.74, 6) is -1.72. The number of hydrogen-bond acceptors (Lipinski definition) is 5. The molecular formula is C20H27N7O2. The lowest BCUT2D eigenvalue weighted by Gasteiger charge is -2.40. The molecule has 0 spiro atoms. The molecule has 2 aliphatic heterocycles. The van der Waals surface area contributed by atoms with Crippen LogP contribution in [-0.2, 0) is 18.8 Å². The minimum Gasteiger partial charge on any atom is -0.364 e. The van der Waals surface area contributed by atoms with Crippen LogP contribution in [0.15, 0.2) is 30.3 Å². The van der Waals surface area contributed by atoms with Gasteiger partial charge in [-0.3, -0.25) is 20.1 Å². The van der Waals surface area contributed by atoms with Crippen molar-refractivity contribution in [1.82, 2.24) is 30.6 Å². The molecule has 0 aliphatic carbocycles. The summed E-state index contributed by atoms with van der Waals surface area (Å²) in [4.78, 5) is 26.9. The fourth-order valence-corrected chi connectivity index (χ4v) is 4.20. The molecule has 0 bridgehead atoms. The zero-order valence-electron chi connectivity index (χ0n) is 16.6. The molecule has 0 saturated carbocycles. The maximum atomic E-state index is 12.9. The lowest BCUT2D eigenvalue weighted by molar-refractivity contribution is 0.0986. The van der Waals surface area contributed by atoms with Gasteiger partial charge in [-0.25, -0.2) is 4.79 Å². The maximum absolute atomic E-state index is 12.9. The lowest BCUT2D eigenvalue weighted by Crippen LogP contribution is -2.68. The number of nitrogens with two attached hydrogens (primary N) is 1. The van der Waals surface area contributed by atoms with Gasteiger partial charge in [0.2, 0.25) is 0 Å². The molecule has 2 aliphatic rings. The van der Waals surface area contributed by atoms with Gasteiger partial charge in [-0.05, 0) is 25.5 Å². The van der Waals surface area contributed by atoms with Crippen molar-refractivity contribution in [3.05, 3.63) is 52.8 Å². The zero-order chi connectivity index (χ0) is 20.4. The van der Waals surface area contributed by atoms with Crippen LogP contribution < -0.4 is 21.7 Å². The van der Waals surface area contributed by atoms with Gasteiger partial charge in [0.05, 0.1) is 12.1 Å². The number of carbonyl (C=O) groups excluding carboxylic acids is 2. The molecule has 154 valence electrons. The predicted molar refractivity (Wildman–Crippen MR) is 108 cm³/mol. The fraction of sp³-hybridized carbons (Fsp3) is 0.450. The number of amides is 3. The van der Waals surface area contributed by atoms with Crippen molar-refractivity contribution in [2.75, 3.05) is 26.7 Å². The first-order valence-electron chi connectivity index (χ1n) is 9.99. The second-order valence-corrected chi connectivity index (χ2v) is 7.48. The minimum absolute atomic E-state index is 0.166. The van der Waals surface area contributed by atoms with E-state index in [1.807, 2.05) is 35.0 Å². The number of rotatable bonds is 5. The second-order valence-electron chi connectivity index (χ2n) is 7.48. The smallest absolute Gasteiger partial charge is 0.320 e. The zero-order valence-corrected chi connectivity index (χ0v) is 16.6. The molecule has 1 atom stereocenters. The van der Waals surface area contributed by atoms with Crippen LogP contribution in [0.5, 0.6) is 0 Å². The molecule has 5 N–H and O–H groups in total. The third kappa shape index (κ3) is 3.58. The number of carbonyl (C=O) groups is 2. The van der Waals surface area contributed by atoms with E-state index in [4.69, 9.17) is 5.73 Å². The van der Waals surface area contributed by atoms with E-state index in [0.717, 1.165) is 37.2 Å². The summed E-state index contributed by atoms with van der Waals surface area (Å²) in [5, 5.41) is 14.1. The molecule has 3 heterocycles. The van der Waals surface area contributed by atoms with Crippen LogP contribution in [0.2, 0.25) is 0 Å². The Labute approximate surface area is 169 Å². The van der Waals surface area contributed by atoms with Crippen molar-refractivity contribution in [1.29, 1.82) is 0 Å². The molecule has 9 heteroatoms. The van der Waals surface area contributed by atoms with E-state index in [1.54, 1.807) is 11.9 Å². The minimum atomic E-state index is -1.10. The van der Waals surface area contributed by atoms with E-state index in [0.29, 0.717) is 25.1 Å². The average molecular weight is 397 g/mol. The van der Waals surface area contributed by atoms with Gasteiger partial charge in [-0.2, -0.15) is 5.10 Å². The van der Waals surface area contributed by atoms with Crippen LogP contribution in [0.3, 0.4) is 0 Å². The van der Waals surface area contributed by atoms with Crippen LogP contribution in [-0.4, -0.2) is 53.3 Å². The molecule has 3 amide bonds. The average Bonchev–Trinajstić information content (AvgIpc) is 3.38. The van der Waals surface area contributed by atoms with Crippen LogP contribution in [0.4, 0.5) is 4.79 Å². The Kier molecular flexibility index (Phi) is 5.25. The third-order valence-corrected chi connectivity index (χ3v) is 5.66. The summed E-state index contributed by atoms with van der Waals surface area (Å²) < 4.78 is 1.82. The van der Waals surface area contributed by atoms with Crippen molar-refractivity contribution < 1.29 is 9.59 Å². The molecule has 2 aromatic rings. The number of urea groups is 1. The van der Waals surface area contributed by atoms with Gasteiger partial charge in [0.1, 0.15) is 0 Å². The normalized spacial score (nSPS) is 21.1. The first-order valence-corrected chi connectivity index (χ1v) is 9.99. The summed E-state index contributed by atoms with van der Waals surface area (Å²) in [5.41, 5.74) is 8.40. The Bertz CT molecular complexity index is 905. The Hall–Kier alpha value is -2.91. The summed E-state index contributed by atoms with van der Waals surface area (Å²) in [6.45, 7) is 2.60. The highest BCUT2D eigenvalue weighted by molar-refractivity contribution is 5.93. The lowest BCUT2D eigenvalue weighted by atomic mass is 9.97. The highest BCUT2D eigenvalue weighted by atomic mass is 16.2. The Morgan fingerprint density at radius 1 is 1.24 bits per heavy atom. The largest absolute Gasteiger partial charge is 0.364 e. The van der Waals surface area contributed by atoms with E-state index in [2.05, 4.69) is 21.0 Å². The maximum Gasteiger partial charge on any atom is 0.320 e. The first kappa shape index (κ1) is 19.4. The summed E-state index contributed by atoms with van der Waals surface area (Å²) in [7, 11) is 1.74. The summed E-state index contributed by atoms with van der Waals surface area (Å²) in [6, 6.07) is 9.75. The summed E-state index contributed by atoms with van der Waals surface area (Å²) >= 11 is 0. The molecule has 0 radical (unpaired) electrons. The van der Waals surface area contributed by atoms with Gasteiger partial charge in [0.25, 0.3) is 5.91 Å². The summed E-state index contributed by atoms with van der Waals surface area (Å²) in [6.07, 6.45) is 2.67. The Morgan fingerprint density at radius 2 is 1.97 bits per heavy atom. The molecule has 29 heavy (non-hydrogen) atoms. The Balaban J connectivity index is 1.74. The van der Waals surface area contributed by atoms with Gasteiger partial charge < -0.3 is 16.0 Å². The topological polar surface area (TPSA) is 117 Å². The van der Waals surface area contributed by atoms with Crippen molar-refractivity contribution in [2.45, 2.75) is 31.6 Å². The van der Waals surface area contributed by atoms with E-state index in [9.17, 15) is 9.59 Å². The van der Waals surface area contributed by atoms with Gasteiger partial charge in [-0.15, -0.1) is 0 Å². The number of nitrogens with zero attached hydrogens (tertiary/aromatic N) is 3. The standard InChI is InChI=1S/C20H27N7O2/c1-22-20(24-19(29)26-11-5-6-12-26)16-15(9-10-23-20)27(25-17(16)18(21)28)13-14-7-3-2-4-8-14/h2-4,7-8,22-23H,5-6,9-13H2,1H3,(H2,21,28)(H,24,29). The van der Waals surface area contributed by atoms with Crippen LogP contribution in [0, 0.1) is 0 Å². The molecule has 1 aromatic heterocycles. The predicted octanol–water partition coefficient (Wildman–Crippen LogP) is 0.311. The number of aromatic nitrogens is 2. The quantitative estimate of drug-likeness (QED) is 0.542. The molecule has 1 aromatic carbocycles. The van der Waals surface area contributed by atoms with Crippen molar-refractivity contribution in [3.8, 4) is 0 Å². The van der Waals surface area contributed by atoms with E-state index >= 15 is 0 Å². The molecule has 1 unspecified atom stereocenters. The van der Waals surface area contributed by atoms with Crippen molar-refractivity contribution in [3.63, 3.8) is 0 Å². The first-order chi connectivity index (χ1) is 14.0. The number of hydrogen-bond donors (Lipinski definition) is 4. The second kappa shape index (κ2) is 7.84. The van der Waals surface area contributed by atoms with Gasteiger partial charge in [0.15, 0.2) is 11.5 Å². The molecule has 4 rings (SSSR count). The fourth-order valence-electron chi connectivity index (χ4n) is 4.20. The Morgan fingerprint density at radius 3 is 2.62 bits per heavy atom. The SMILES string of the molecule is CNC1(NC(=O)N2CCCC2)NCCc2c1c(C(N)=O)nn2Cc1ccccc1. The number of fused-ring (bicyclic) bond motifs is 1.